The molecule has 0 heterocycles. The van der Waals surface area contributed by atoms with Crippen LogP contribution >= 0.6 is 15.6 Å². The van der Waals surface area contributed by atoms with E-state index in [0.717, 1.165) is 102 Å². The van der Waals surface area contributed by atoms with Gasteiger partial charge in [0.05, 0.1) is 26.4 Å². The average Bonchev–Trinajstić information content (AvgIpc) is 0.978. The topological polar surface area (TPSA) is 237 Å². The second-order valence-corrected chi connectivity index (χ2v) is 32.7. The molecule has 0 bridgehead atoms. The summed E-state index contributed by atoms with van der Waals surface area (Å²) >= 11 is 0. The van der Waals surface area contributed by atoms with Crippen LogP contribution in [-0.2, 0) is 65.4 Å². The number of carbonyl (C=O) groups is 4. The maximum atomic E-state index is 13.1. The first kappa shape index (κ1) is 97.1. The zero-order chi connectivity index (χ0) is 72.8. The Morgan fingerprint density at radius 3 is 0.687 bits per heavy atom. The van der Waals surface area contributed by atoms with Gasteiger partial charge in [0.2, 0.25) is 0 Å². The molecule has 0 aliphatic rings. The van der Waals surface area contributed by atoms with E-state index >= 15 is 0 Å². The molecule has 17 nitrogen and oxygen atoms in total. The van der Waals surface area contributed by atoms with E-state index in [0.29, 0.717) is 31.6 Å². The fourth-order valence-corrected chi connectivity index (χ4v) is 13.9. The molecule has 0 saturated carbocycles. The number of unbranched alkanes of at least 4 members (excludes halogenated alkanes) is 49. The molecule has 3 N–H and O–H groups in total. The summed E-state index contributed by atoms with van der Waals surface area (Å²) < 4.78 is 68.7. The van der Waals surface area contributed by atoms with Gasteiger partial charge in [0.25, 0.3) is 0 Å². The molecular weight excluding hydrogens is 1290 g/mol. The van der Waals surface area contributed by atoms with E-state index in [4.69, 9.17) is 37.0 Å². The third-order valence-electron chi connectivity index (χ3n) is 18.7. The summed E-state index contributed by atoms with van der Waals surface area (Å²) in [5.41, 5.74) is 0. The van der Waals surface area contributed by atoms with Crippen molar-refractivity contribution in [2.75, 3.05) is 39.6 Å². The van der Waals surface area contributed by atoms with E-state index in [1.165, 1.54) is 231 Å². The maximum absolute atomic E-state index is 13.1. The lowest BCUT2D eigenvalue weighted by molar-refractivity contribution is -0.161. The minimum absolute atomic E-state index is 0.108. The monoisotopic (exact) mass is 1450 g/mol. The van der Waals surface area contributed by atoms with Crippen molar-refractivity contribution in [3.63, 3.8) is 0 Å². The standard InChI is InChI=1S/C80H156O17P2/c1-7-9-11-13-15-17-19-21-23-27-30-34-38-44-50-56-62-77(82)90-68-75(96-79(84)65-59-53-46-40-36-32-28-24-26-29-33-37-42-48-54-60-72(3)4)70-94-98(86,87)92-66-74(81)67-93-99(88,89)95-71-76(69-91-78(83)63-57-51-47-41-43-49-55-61-73(5)6)97-80(85)64-58-52-45-39-35-31-25-22-20-18-16-14-12-10-8-2/h72-76,81H,7-71H2,1-6H3,(H,86,87)(H,88,89)/t74-,75-,76-/m1/s1. The highest BCUT2D eigenvalue weighted by molar-refractivity contribution is 7.47. The predicted molar refractivity (Wildman–Crippen MR) is 405 cm³/mol. The van der Waals surface area contributed by atoms with Gasteiger partial charge in [-0.15, -0.1) is 0 Å². The van der Waals surface area contributed by atoms with Crippen LogP contribution in [0.25, 0.3) is 0 Å². The minimum Gasteiger partial charge on any atom is -0.462 e. The molecule has 2 unspecified atom stereocenters. The number of esters is 4. The lowest BCUT2D eigenvalue weighted by atomic mass is 10.0. The van der Waals surface area contributed by atoms with Crippen LogP contribution in [0.4, 0.5) is 0 Å². The smallest absolute Gasteiger partial charge is 0.462 e. The molecule has 0 aromatic carbocycles. The SMILES string of the molecule is CCCCCCCCCCCCCCCCCCC(=O)OC[C@H](COP(=O)(O)OC[C@@H](O)COP(=O)(O)OC[C@@H](COC(=O)CCCCCCCCCC(C)C)OC(=O)CCCCCCCCCCCCCCCCC)OC(=O)CCCCCCCCCCCCCCCCCC(C)C. The summed E-state index contributed by atoms with van der Waals surface area (Å²) in [4.78, 5) is 73.0. The van der Waals surface area contributed by atoms with Crippen molar-refractivity contribution in [2.24, 2.45) is 11.8 Å². The number of phosphoric ester groups is 2. The van der Waals surface area contributed by atoms with Gasteiger partial charge >= 0.3 is 39.5 Å². The number of ether oxygens (including phenoxy) is 4. The molecule has 0 aromatic heterocycles. The molecule has 0 amide bonds. The van der Waals surface area contributed by atoms with Gasteiger partial charge in [-0.05, 0) is 37.5 Å². The Labute approximate surface area is 607 Å². The highest BCUT2D eigenvalue weighted by Gasteiger charge is 2.30. The van der Waals surface area contributed by atoms with Gasteiger partial charge in [0, 0.05) is 25.7 Å². The molecule has 0 saturated heterocycles. The Bertz CT molecular complexity index is 1910. The molecule has 0 aliphatic carbocycles. The third-order valence-corrected chi connectivity index (χ3v) is 20.6. The van der Waals surface area contributed by atoms with Gasteiger partial charge in [-0.2, -0.15) is 0 Å². The number of hydrogen-bond acceptors (Lipinski definition) is 15. The molecule has 0 spiro atoms. The van der Waals surface area contributed by atoms with Gasteiger partial charge in [-0.1, -0.05) is 369 Å². The Morgan fingerprint density at radius 1 is 0.273 bits per heavy atom. The fraction of sp³-hybridized carbons (Fsp3) is 0.950. The zero-order valence-corrected chi connectivity index (χ0v) is 66.6. The first-order valence-corrected chi connectivity index (χ1v) is 44.5. The van der Waals surface area contributed by atoms with Crippen molar-refractivity contribution >= 4 is 39.5 Å². The molecule has 99 heavy (non-hydrogen) atoms. The van der Waals surface area contributed by atoms with Gasteiger partial charge in [0.15, 0.2) is 12.2 Å². The van der Waals surface area contributed by atoms with E-state index in [1.54, 1.807) is 0 Å². The lowest BCUT2D eigenvalue weighted by Crippen LogP contribution is -2.30. The van der Waals surface area contributed by atoms with Crippen LogP contribution in [0, 0.1) is 11.8 Å². The normalized spacial score (nSPS) is 13.9. The van der Waals surface area contributed by atoms with Crippen LogP contribution in [-0.4, -0.2) is 96.7 Å². The van der Waals surface area contributed by atoms with Gasteiger partial charge < -0.3 is 33.8 Å². The number of hydrogen-bond donors (Lipinski definition) is 3. The van der Waals surface area contributed by atoms with Crippen molar-refractivity contribution in [1.82, 2.24) is 0 Å². The van der Waals surface area contributed by atoms with Crippen molar-refractivity contribution in [1.29, 1.82) is 0 Å². The summed E-state index contributed by atoms with van der Waals surface area (Å²) in [5, 5.41) is 10.6. The lowest BCUT2D eigenvalue weighted by Gasteiger charge is -2.21. The molecule has 0 rings (SSSR count). The van der Waals surface area contributed by atoms with Crippen LogP contribution in [0.2, 0.25) is 0 Å². The minimum atomic E-state index is -4.96. The second kappa shape index (κ2) is 71.7. The summed E-state index contributed by atoms with van der Waals surface area (Å²) in [6.45, 7) is 9.61. The molecule has 5 atom stereocenters. The first-order valence-electron chi connectivity index (χ1n) is 41.5. The Balaban J connectivity index is 5.24. The van der Waals surface area contributed by atoms with Crippen LogP contribution < -0.4 is 0 Å². The van der Waals surface area contributed by atoms with Crippen molar-refractivity contribution in [3.05, 3.63) is 0 Å². The maximum Gasteiger partial charge on any atom is 0.472 e. The molecular formula is C80H156O17P2. The van der Waals surface area contributed by atoms with Crippen molar-refractivity contribution in [2.45, 2.75) is 439 Å². The highest BCUT2D eigenvalue weighted by atomic mass is 31.2. The molecule has 0 aromatic rings. The van der Waals surface area contributed by atoms with Crippen LogP contribution in [0.15, 0.2) is 0 Å². The second-order valence-electron chi connectivity index (χ2n) is 29.8. The Hall–Kier alpha value is -1.94. The van der Waals surface area contributed by atoms with E-state index in [9.17, 15) is 43.2 Å². The molecule has 0 fully saturated rings. The fourth-order valence-electron chi connectivity index (χ4n) is 12.4. The molecule has 0 aliphatic heterocycles. The first-order chi connectivity index (χ1) is 47.9. The van der Waals surface area contributed by atoms with E-state index in [2.05, 4.69) is 41.5 Å². The number of phosphoric acid groups is 2. The predicted octanol–water partition coefficient (Wildman–Crippen LogP) is 23.9. The molecule has 588 valence electrons. The average molecular weight is 1450 g/mol. The summed E-state index contributed by atoms with van der Waals surface area (Å²) in [6, 6.07) is 0. The number of aliphatic hydroxyl groups is 1. The number of carbonyl (C=O) groups excluding carboxylic acids is 4. The van der Waals surface area contributed by atoms with Gasteiger partial charge in [0.1, 0.15) is 19.3 Å². The van der Waals surface area contributed by atoms with Crippen LogP contribution in [0.5, 0.6) is 0 Å². The Kier molecular flexibility index (Phi) is 70.3. The van der Waals surface area contributed by atoms with Crippen molar-refractivity contribution in [3.8, 4) is 0 Å². The highest BCUT2D eigenvalue weighted by Crippen LogP contribution is 2.45. The summed E-state index contributed by atoms with van der Waals surface area (Å²) in [5.74, 6) is -0.601. The van der Waals surface area contributed by atoms with E-state index < -0.39 is 97.5 Å². The van der Waals surface area contributed by atoms with E-state index in [1.807, 2.05) is 0 Å². The third kappa shape index (κ3) is 74.1. The molecule has 0 radical (unpaired) electrons. The molecule has 19 heteroatoms. The summed E-state index contributed by atoms with van der Waals surface area (Å²) in [7, 11) is -9.92. The number of rotatable bonds is 79. The van der Waals surface area contributed by atoms with Gasteiger partial charge in [-0.3, -0.25) is 37.3 Å². The van der Waals surface area contributed by atoms with Crippen LogP contribution in [0.3, 0.4) is 0 Å². The van der Waals surface area contributed by atoms with E-state index in [-0.39, 0.29) is 25.7 Å². The van der Waals surface area contributed by atoms with Crippen LogP contribution in [0.1, 0.15) is 420 Å². The van der Waals surface area contributed by atoms with Gasteiger partial charge in [-0.25, -0.2) is 9.13 Å². The largest absolute Gasteiger partial charge is 0.472 e. The Morgan fingerprint density at radius 2 is 0.465 bits per heavy atom. The van der Waals surface area contributed by atoms with Crippen molar-refractivity contribution < 1.29 is 80.2 Å². The quantitative estimate of drug-likeness (QED) is 0.0222. The zero-order valence-electron chi connectivity index (χ0n) is 64.8. The summed E-state index contributed by atoms with van der Waals surface area (Å²) in [6.07, 6.45) is 61.0. The number of aliphatic hydroxyl groups excluding tert-OH is 1.